The minimum atomic E-state index is -0.131. The molecule has 6 aliphatic carbocycles. The molecule has 37 heavy (non-hydrogen) atoms. The van der Waals surface area contributed by atoms with Crippen molar-refractivity contribution in [1.82, 2.24) is 4.90 Å². The average molecular weight is 524 g/mol. The third kappa shape index (κ3) is 3.13. The molecule has 2 radical (unpaired) electrons. The maximum absolute atomic E-state index is 12.7. The topological polar surface area (TPSA) is 48.0 Å². The average Bonchev–Trinajstić information content (AvgIpc) is 3.33. The monoisotopic (exact) mass is 523 g/mol. The van der Waals surface area contributed by atoms with Gasteiger partial charge < -0.3 is 14.2 Å². The molecule has 1 aromatic carbocycles. The number of carbonyl (C=O) groups is 1. The summed E-state index contributed by atoms with van der Waals surface area (Å²) in [4.78, 5) is 16.8. The van der Waals surface area contributed by atoms with Crippen LogP contribution < -0.4 is 0 Å². The van der Waals surface area contributed by atoms with Crippen molar-refractivity contribution >= 4 is 17.7 Å². The van der Waals surface area contributed by atoms with Gasteiger partial charge in [0.25, 0.3) is 0 Å². The van der Waals surface area contributed by atoms with E-state index in [1.807, 2.05) is 11.8 Å². The van der Waals surface area contributed by atoms with Crippen LogP contribution in [0.2, 0.25) is 0 Å². The van der Waals surface area contributed by atoms with E-state index in [0.29, 0.717) is 29.9 Å². The quantitative estimate of drug-likeness (QED) is 0.345. The maximum atomic E-state index is 12.7. The molecule has 1 heterocycles. The molecule has 2 spiro atoms. The zero-order valence-corrected chi connectivity index (χ0v) is 23.5. The number of hydrogen-bond donors (Lipinski definition) is 0. The molecule has 1 saturated heterocycles. The summed E-state index contributed by atoms with van der Waals surface area (Å²) in [6.07, 6.45) is 7.07. The van der Waals surface area contributed by atoms with E-state index in [4.69, 9.17) is 14.2 Å². The van der Waals surface area contributed by atoms with Crippen molar-refractivity contribution in [1.29, 1.82) is 0 Å². The van der Waals surface area contributed by atoms with Gasteiger partial charge in [-0.25, -0.2) is 0 Å². The molecular weight excluding hydrogens is 482 g/mol. The van der Waals surface area contributed by atoms with Gasteiger partial charge in [0, 0.05) is 47.6 Å². The summed E-state index contributed by atoms with van der Waals surface area (Å²) in [7, 11) is 1.74. The summed E-state index contributed by atoms with van der Waals surface area (Å²) in [6.45, 7) is 9.06. The molecule has 2 unspecified atom stereocenters. The van der Waals surface area contributed by atoms with Gasteiger partial charge in [-0.05, 0) is 86.3 Å². The predicted octanol–water partition coefficient (Wildman–Crippen LogP) is 5.54. The normalized spacial score (nSPS) is 46.3. The van der Waals surface area contributed by atoms with Crippen LogP contribution >= 0.6 is 11.8 Å². The molecule has 6 saturated carbocycles. The number of ether oxygens (including phenoxy) is 3. The molecule has 7 fully saturated rings. The van der Waals surface area contributed by atoms with Gasteiger partial charge in [-0.3, -0.25) is 9.69 Å². The fourth-order valence-corrected chi connectivity index (χ4v) is 12.0. The smallest absolute Gasteiger partial charge is 0.302 e. The van der Waals surface area contributed by atoms with E-state index in [2.05, 4.69) is 49.1 Å². The van der Waals surface area contributed by atoms with Gasteiger partial charge in [-0.1, -0.05) is 32.0 Å². The Balaban J connectivity index is 1.37. The van der Waals surface area contributed by atoms with Crippen molar-refractivity contribution in [3.05, 3.63) is 42.2 Å². The highest BCUT2D eigenvalue weighted by atomic mass is 32.2. The second kappa shape index (κ2) is 8.71. The largest absolute Gasteiger partial charge is 0.461 e. The molecule has 7 aliphatic rings. The van der Waals surface area contributed by atoms with E-state index in [1.165, 1.54) is 24.2 Å². The third-order valence-corrected chi connectivity index (χ3v) is 12.9. The van der Waals surface area contributed by atoms with Crippen LogP contribution in [-0.4, -0.2) is 61.4 Å². The second-order valence-corrected chi connectivity index (χ2v) is 14.0. The highest BCUT2D eigenvalue weighted by Crippen LogP contribution is 2.85. The number of nitrogens with zero attached hydrogens (tertiary/aromatic N) is 1. The molecule has 1 aliphatic heterocycles. The second-order valence-electron chi connectivity index (χ2n) is 12.8. The minimum absolute atomic E-state index is 0.0239. The summed E-state index contributed by atoms with van der Waals surface area (Å²) in [5, 5.41) is 0.299. The lowest BCUT2D eigenvalue weighted by atomic mass is 9.39. The number of thioether (sulfide) groups is 1. The Morgan fingerprint density at radius 1 is 1.14 bits per heavy atom. The van der Waals surface area contributed by atoms with Crippen LogP contribution in [0.3, 0.4) is 0 Å². The summed E-state index contributed by atoms with van der Waals surface area (Å²) in [5.41, 5.74) is 0.171. The van der Waals surface area contributed by atoms with Crippen molar-refractivity contribution in [2.45, 2.75) is 87.7 Å². The van der Waals surface area contributed by atoms with Gasteiger partial charge in [0.2, 0.25) is 0 Å². The number of carbonyl (C=O) groups excluding carboxylic acids is 1. The van der Waals surface area contributed by atoms with E-state index in [-0.39, 0.29) is 34.4 Å². The van der Waals surface area contributed by atoms with Crippen LogP contribution in [-0.2, 0) is 19.0 Å². The molecule has 200 valence electrons. The molecule has 7 bridgehead atoms. The zero-order chi connectivity index (χ0) is 25.6. The Morgan fingerprint density at radius 2 is 1.95 bits per heavy atom. The van der Waals surface area contributed by atoms with E-state index in [1.54, 1.807) is 25.9 Å². The summed E-state index contributed by atoms with van der Waals surface area (Å²) in [6, 6.07) is 11.2. The van der Waals surface area contributed by atoms with Crippen molar-refractivity contribution in [2.75, 3.05) is 27.0 Å². The molecule has 1 aromatic rings. The van der Waals surface area contributed by atoms with E-state index in [0.717, 1.165) is 32.4 Å². The van der Waals surface area contributed by atoms with Crippen LogP contribution in [0.4, 0.5) is 0 Å². The Labute approximate surface area is 226 Å². The van der Waals surface area contributed by atoms with Crippen molar-refractivity contribution in [3.8, 4) is 0 Å². The van der Waals surface area contributed by atoms with Gasteiger partial charge in [-0.2, -0.15) is 0 Å². The van der Waals surface area contributed by atoms with E-state index >= 15 is 0 Å². The number of fused-ring (bicyclic) bond motifs is 2. The Morgan fingerprint density at radius 3 is 2.68 bits per heavy atom. The van der Waals surface area contributed by atoms with Crippen molar-refractivity contribution in [3.63, 3.8) is 0 Å². The first kappa shape index (κ1) is 24.9. The minimum Gasteiger partial charge on any atom is -0.461 e. The number of likely N-dealkylation sites (tertiary alicyclic amines) is 1. The zero-order valence-electron chi connectivity index (χ0n) is 22.7. The number of esters is 1. The first-order valence-corrected chi connectivity index (χ1v) is 15.2. The van der Waals surface area contributed by atoms with Crippen molar-refractivity contribution < 1.29 is 19.0 Å². The Kier molecular flexibility index (Phi) is 5.87. The first-order valence-electron chi connectivity index (χ1n) is 14.4. The van der Waals surface area contributed by atoms with Gasteiger partial charge >= 0.3 is 5.97 Å². The van der Waals surface area contributed by atoms with E-state index < -0.39 is 0 Å². The summed E-state index contributed by atoms with van der Waals surface area (Å²) >= 11 is 1.95. The predicted molar refractivity (Wildman–Crippen MR) is 144 cm³/mol. The van der Waals surface area contributed by atoms with Crippen LogP contribution in [0.15, 0.2) is 35.2 Å². The standard InChI is InChI=1S/C31H41NO4S/c1-5-32-17-29(3)13-12-25(35-18-34-4)31-23(29)16-22(27(31)32)30-14-11-20(15-24(30)31)26(28(30)36-19(2)33)37-21-9-7-6-8-10-21/h6-10,20,22,25-28H,5,11-18H2,1-4H3/t20-,22?,25-,26+,27+,28+,29-,30-,31?/m0/s1. The highest BCUT2D eigenvalue weighted by molar-refractivity contribution is 8.00. The fraction of sp³-hybridized carbons (Fsp3) is 0.710. The lowest BCUT2D eigenvalue weighted by Crippen LogP contribution is -2.69. The number of benzene rings is 1. The lowest BCUT2D eigenvalue weighted by molar-refractivity contribution is -0.179. The Hall–Kier alpha value is -1.08. The van der Waals surface area contributed by atoms with Crippen LogP contribution in [0.5, 0.6) is 0 Å². The van der Waals surface area contributed by atoms with Crippen LogP contribution in [0, 0.1) is 39.9 Å². The third-order valence-electron chi connectivity index (χ3n) is 11.4. The molecule has 0 N–H and O–H groups in total. The Bertz CT molecular complexity index is 1050. The van der Waals surface area contributed by atoms with Crippen LogP contribution in [0.1, 0.15) is 59.3 Å². The first-order chi connectivity index (χ1) is 17.9. The number of rotatable bonds is 7. The number of methoxy groups -OCH3 is 1. The molecule has 5 nitrogen and oxygen atoms in total. The highest BCUT2D eigenvalue weighted by Gasteiger charge is 2.86. The molecular formula is C31H41NO4S. The van der Waals surface area contributed by atoms with Crippen LogP contribution in [0.25, 0.3) is 0 Å². The van der Waals surface area contributed by atoms with Gasteiger partial charge in [0.05, 0.1) is 6.10 Å². The molecule has 6 heteroatoms. The maximum Gasteiger partial charge on any atom is 0.302 e. The molecule has 8 rings (SSSR count). The fourth-order valence-electron chi connectivity index (χ4n) is 10.5. The summed E-state index contributed by atoms with van der Waals surface area (Å²) < 4.78 is 18.6. The number of hydrogen-bond acceptors (Lipinski definition) is 6. The summed E-state index contributed by atoms with van der Waals surface area (Å²) in [5.74, 6) is 4.36. The molecule has 0 amide bonds. The van der Waals surface area contributed by atoms with Gasteiger partial charge in [0.15, 0.2) is 0 Å². The number of piperidine rings is 1. The molecule has 0 aromatic heterocycles. The lowest BCUT2D eigenvalue weighted by Gasteiger charge is -2.68. The van der Waals surface area contributed by atoms with Gasteiger partial charge in [0.1, 0.15) is 12.9 Å². The van der Waals surface area contributed by atoms with Gasteiger partial charge in [-0.15, -0.1) is 11.8 Å². The SMILES string of the molecule is CCN1C[C@]2(C)CC[C@H](OCOC)C34[C]2CC([C@@H]13)[C@@]12CC[C@@H](C[C]41)[C@@H](Sc1ccccc1)[C@H]2OC(C)=O. The van der Waals surface area contributed by atoms with E-state index in [9.17, 15) is 4.79 Å². The van der Waals surface area contributed by atoms with Crippen molar-refractivity contribution in [2.24, 2.45) is 28.1 Å². The molecule has 9 atom stereocenters.